The number of hydrogen-bond donors (Lipinski definition) is 1. The molecule has 0 saturated carbocycles. The molecule has 3 rings (SSSR count). The SMILES string of the molecule is O=c1c(Nc2ccc(F)c(F)c2)nccn1-c1ccc(Cl)cc1. The summed E-state index contributed by atoms with van der Waals surface area (Å²) in [4.78, 5) is 16.4. The van der Waals surface area contributed by atoms with Crippen LogP contribution in [0.2, 0.25) is 5.02 Å². The number of benzene rings is 2. The van der Waals surface area contributed by atoms with Crippen molar-refractivity contribution in [3.8, 4) is 5.69 Å². The van der Waals surface area contributed by atoms with Gasteiger partial charge in [-0.3, -0.25) is 9.36 Å². The van der Waals surface area contributed by atoms with Crippen LogP contribution in [0.5, 0.6) is 0 Å². The quantitative estimate of drug-likeness (QED) is 0.790. The molecule has 0 unspecified atom stereocenters. The zero-order valence-corrected chi connectivity index (χ0v) is 12.4. The first-order valence-electron chi connectivity index (χ1n) is 6.60. The molecule has 0 bridgehead atoms. The molecule has 0 amide bonds. The standard InChI is InChI=1S/C16H10ClF2N3O/c17-10-1-4-12(5-2-10)22-8-7-20-15(16(22)23)21-11-3-6-13(18)14(19)9-11/h1-9H,(H,20,21). The van der Waals surface area contributed by atoms with Crippen LogP contribution in [0.4, 0.5) is 20.3 Å². The molecule has 0 aliphatic heterocycles. The summed E-state index contributed by atoms with van der Waals surface area (Å²) < 4.78 is 27.5. The molecule has 1 N–H and O–H groups in total. The summed E-state index contributed by atoms with van der Waals surface area (Å²) in [5, 5.41) is 3.24. The second-order valence-corrected chi connectivity index (χ2v) is 5.12. The van der Waals surface area contributed by atoms with Crippen molar-refractivity contribution < 1.29 is 8.78 Å². The molecule has 0 aliphatic carbocycles. The smallest absolute Gasteiger partial charge is 0.298 e. The molecule has 23 heavy (non-hydrogen) atoms. The highest BCUT2D eigenvalue weighted by Gasteiger charge is 2.09. The van der Waals surface area contributed by atoms with Gasteiger partial charge in [-0.25, -0.2) is 13.8 Å². The van der Waals surface area contributed by atoms with Crippen LogP contribution in [0, 0.1) is 11.6 Å². The molecule has 0 spiro atoms. The van der Waals surface area contributed by atoms with Crippen molar-refractivity contribution in [2.75, 3.05) is 5.32 Å². The molecule has 0 atom stereocenters. The molecule has 1 heterocycles. The largest absolute Gasteiger partial charge is 0.335 e. The van der Waals surface area contributed by atoms with E-state index < -0.39 is 17.2 Å². The molecule has 116 valence electrons. The van der Waals surface area contributed by atoms with E-state index in [4.69, 9.17) is 11.6 Å². The Morgan fingerprint density at radius 1 is 1.04 bits per heavy atom. The van der Waals surface area contributed by atoms with Crippen molar-refractivity contribution in [2.24, 2.45) is 0 Å². The number of nitrogens with one attached hydrogen (secondary N) is 1. The summed E-state index contributed by atoms with van der Waals surface area (Å²) in [6.07, 6.45) is 2.93. The Morgan fingerprint density at radius 2 is 1.78 bits per heavy atom. The Morgan fingerprint density at radius 3 is 2.48 bits per heavy atom. The van der Waals surface area contributed by atoms with Crippen molar-refractivity contribution >= 4 is 23.1 Å². The summed E-state index contributed by atoms with van der Waals surface area (Å²) in [5.74, 6) is -1.98. The van der Waals surface area contributed by atoms with E-state index in [1.165, 1.54) is 23.0 Å². The molecule has 3 aromatic rings. The zero-order valence-electron chi connectivity index (χ0n) is 11.6. The zero-order chi connectivity index (χ0) is 16.4. The van der Waals surface area contributed by atoms with Gasteiger partial charge in [-0.05, 0) is 36.4 Å². The topological polar surface area (TPSA) is 46.9 Å². The Labute approximate surface area is 135 Å². The van der Waals surface area contributed by atoms with Crippen molar-refractivity contribution in [1.29, 1.82) is 0 Å². The van der Waals surface area contributed by atoms with Crippen LogP contribution in [0.3, 0.4) is 0 Å². The van der Waals surface area contributed by atoms with Gasteiger partial charge in [0.1, 0.15) is 0 Å². The molecule has 0 radical (unpaired) electrons. The van der Waals surface area contributed by atoms with E-state index in [-0.39, 0.29) is 11.5 Å². The van der Waals surface area contributed by atoms with Crippen molar-refractivity contribution in [3.05, 3.63) is 81.9 Å². The van der Waals surface area contributed by atoms with Crippen LogP contribution >= 0.6 is 11.6 Å². The van der Waals surface area contributed by atoms with Crippen LogP contribution in [-0.2, 0) is 0 Å². The number of anilines is 2. The number of nitrogens with zero attached hydrogens (tertiary/aromatic N) is 2. The van der Waals surface area contributed by atoms with Crippen LogP contribution in [0.25, 0.3) is 5.69 Å². The van der Waals surface area contributed by atoms with E-state index in [0.29, 0.717) is 10.7 Å². The maximum absolute atomic E-state index is 13.2. The minimum Gasteiger partial charge on any atom is -0.335 e. The fourth-order valence-electron chi connectivity index (χ4n) is 2.01. The second kappa shape index (κ2) is 6.18. The summed E-state index contributed by atoms with van der Waals surface area (Å²) >= 11 is 5.83. The van der Waals surface area contributed by atoms with E-state index >= 15 is 0 Å². The average Bonchev–Trinajstić information content (AvgIpc) is 2.54. The van der Waals surface area contributed by atoms with Crippen LogP contribution in [0.1, 0.15) is 0 Å². The first-order valence-corrected chi connectivity index (χ1v) is 6.98. The molecular formula is C16H10ClF2N3O. The van der Waals surface area contributed by atoms with Gasteiger partial charge in [0.05, 0.1) is 0 Å². The Bertz CT molecular complexity index is 910. The van der Waals surface area contributed by atoms with Gasteiger partial charge in [0.15, 0.2) is 17.5 Å². The molecule has 0 saturated heterocycles. The number of aromatic nitrogens is 2. The number of halogens is 3. The van der Waals surface area contributed by atoms with E-state index in [9.17, 15) is 13.6 Å². The molecule has 1 aromatic heterocycles. The highest BCUT2D eigenvalue weighted by atomic mass is 35.5. The molecular weight excluding hydrogens is 324 g/mol. The van der Waals surface area contributed by atoms with Gasteiger partial charge in [-0.2, -0.15) is 0 Å². The Hall–Kier alpha value is -2.73. The van der Waals surface area contributed by atoms with E-state index in [1.54, 1.807) is 24.3 Å². The lowest BCUT2D eigenvalue weighted by molar-refractivity contribution is 0.509. The summed E-state index contributed by atoms with van der Waals surface area (Å²) in [6, 6.07) is 9.93. The molecule has 0 fully saturated rings. The lowest BCUT2D eigenvalue weighted by Gasteiger charge is -2.09. The highest BCUT2D eigenvalue weighted by Crippen LogP contribution is 2.16. The minimum absolute atomic E-state index is 0.00606. The van der Waals surface area contributed by atoms with E-state index in [0.717, 1.165) is 12.1 Å². The van der Waals surface area contributed by atoms with Gasteiger partial charge in [-0.15, -0.1) is 0 Å². The van der Waals surface area contributed by atoms with Crippen LogP contribution in [0.15, 0.2) is 59.7 Å². The highest BCUT2D eigenvalue weighted by molar-refractivity contribution is 6.30. The van der Waals surface area contributed by atoms with Gasteiger partial charge in [-0.1, -0.05) is 11.6 Å². The predicted octanol–water partition coefficient (Wildman–Crippen LogP) is 3.91. The molecule has 7 heteroatoms. The van der Waals surface area contributed by atoms with Gasteiger partial charge < -0.3 is 5.32 Å². The van der Waals surface area contributed by atoms with Gasteiger partial charge in [0.2, 0.25) is 0 Å². The normalized spacial score (nSPS) is 10.6. The summed E-state index contributed by atoms with van der Waals surface area (Å²) in [5.41, 5.74) is 0.400. The van der Waals surface area contributed by atoms with Crippen LogP contribution < -0.4 is 10.9 Å². The van der Waals surface area contributed by atoms with Crippen LogP contribution in [-0.4, -0.2) is 9.55 Å². The third kappa shape index (κ3) is 3.22. The first kappa shape index (κ1) is 15.2. The number of hydrogen-bond acceptors (Lipinski definition) is 3. The van der Waals surface area contributed by atoms with E-state index in [2.05, 4.69) is 10.3 Å². The van der Waals surface area contributed by atoms with Gasteiger partial charge in [0.25, 0.3) is 5.56 Å². The summed E-state index contributed by atoms with van der Waals surface area (Å²) in [6.45, 7) is 0. The molecule has 2 aromatic carbocycles. The Balaban J connectivity index is 1.98. The molecule has 0 aliphatic rings. The summed E-state index contributed by atoms with van der Waals surface area (Å²) in [7, 11) is 0. The monoisotopic (exact) mass is 333 g/mol. The fourth-order valence-corrected chi connectivity index (χ4v) is 2.14. The third-order valence-electron chi connectivity index (χ3n) is 3.13. The minimum atomic E-state index is -1.01. The van der Waals surface area contributed by atoms with Crippen molar-refractivity contribution in [2.45, 2.75) is 0 Å². The van der Waals surface area contributed by atoms with Crippen molar-refractivity contribution in [1.82, 2.24) is 9.55 Å². The second-order valence-electron chi connectivity index (χ2n) is 4.68. The lowest BCUT2D eigenvalue weighted by Crippen LogP contribution is -2.21. The lowest BCUT2D eigenvalue weighted by atomic mass is 10.3. The first-order chi connectivity index (χ1) is 11.0. The maximum Gasteiger partial charge on any atom is 0.298 e. The average molecular weight is 334 g/mol. The van der Waals surface area contributed by atoms with Gasteiger partial charge in [0, 0.05) is 34.9 Å². The van der Waals surface area contributed by atoms with E-state index in [1.807, 2.05) is 0 Å². The molecule has 4 nitrogen and oxygen atoms in total. The van der Waals surface area contributed by atoms with Gasteiger partial charge >= 0.3 is 0 Å². The third-order valence-corrected chi connectivity index (χ3v) is 3.38. The predicted molar refractivity (Wildman–Crippen MR) is 84.5 cm³/mol. The van der Waals surface area contributed by atoms with Crippen molar-refractivity contribution in [3.63, 3.8) is 0 Å². The fraction of sp³-hybridized carbons (Fsp3) is 0. The maximum atomic E-state index is 13.2. The Kier molecular flexibility index (Phi) is 4.08. The number of rotatable bonds is 3.